The van der Waals surface area contributed by atoms with Gasteiger partial charge in [-0.2, -0.15) is 5.26 Å². The maximum absolute atomic E-state index is 11.4. The minimum absolute atomic E-state index is 0.328. The van der Waals surface area contributed by atoms with Crippen LogP contribution in [0, 0.1) is 18.3 Å². The van der Waals surface area contributed by atoms with E-state index in [1.807, 2.05) is 12.1 Å². The van der Waals surface area contributed by atoms with E-state index < -0.39 is 5.97 Å². The van der Waals surface area contributed by atoms with Gasteiger partial charge in [-0.1, -0.05) is 22.0 Å². The number of carbonyl (C=O) groups excluding carboxylic acids is 1. The molecule has 0 N–H and O–H groups in total. The topological polar surface area (TPSA) is 50.1 Å². The van der Waals surface area contributed by atoms with E-state index in [0.29, 0.717) is 16.5 Å². The maximum Gasteiger partial charge on any atom is 0.339 e. The van der Waals surface area contributed by atoms with Gasteiger partial charge in [0.15, 0.2) is 0 Å². The van der Waals surface area contributed by atoms with Crippen LogP contribution in [0.3, 0.4) is 0 Å². The van der Waals surface area contributed by atoms with E-state index in [-0.39, 0.29) is 0 Å². The smallest absolute Gasteiger partial charge is 0.339 e. The average molecular weight is 268 g/mol. The van der Waals surface area contributed by atoms with E-state index in [1.165, 1.54) is 7.11 Å². The predicted molar refractivity (Wildman–Crippen MR) is 59.9 cm³/mol. The first-order chi connectivity index (χ1) is 7.13. The van der Waals surface area contributed by atoms with Crippen LogP contribution in [0.4, 0.5) is 0 Å². The highest BCUT2D eigenvalue weighted by molar-refractivity contribution is 9.08. The first-order valence-electron chi connectivity index (χ1n) is 4.32. The van der Waals surface area contributed by atoms with Crippen molar-refractivity contribution in [3.05, 3.63) is 34.4 Å². The maximum atomic E-state index is 11.4. The third kappa shape index (κ3) is 2.37. The Hall–Kier alpha value is -1.34. The molecule has 1 rings (SSSR count). The normalized spacial score (nSPS) is 9.47. The van der Waals surface area contributed by atoms with Crippen LogP contribution in [0.5, 0.6) is 0 Å². The minimum atomic E-state index is -0.475. The summed E-state index contributed by atoms with van der Waals surface area (Å²) < 4.78 is 4.63. The Morgan fingerprint density at radius 2 is 2.27 bits per heavy atom. The van der Waals surface area contributed by atoms with Crippen molar-refractivity contribution in [2.24, 2.45) is 0 Å². The second-order valence-electron chi connectivity index (χ2n) is 3.07. The van der Waals surface area contributed by atoms with Gasteiger partial charge in [-0.15, -0.1) is 0 Å². The summed E-state index contributed by atoms with van der Waals surface area (Å²) in [5.41, 5.74) is 2.45. The van der Waals surface area contributed by atoms with E-state index in [4.69, 9.17) is 5.26 Å². The Labute approximate surface area is 96.8 Å². The zero-order valence-corrected chi connectivity index (χ0v) is 10.1. The van der Waals surface area contributed by atoms with E-state index >= 15 is 0 Å². The van der Waals surface area contributed by atoms with Gasteiger partial charge in [0.05, 0.1) is 18.2 Å². The van der Waals surface area contributed by atoms with Crippen LogP contribution in [-0.4, -0.2) is 13.1 Å². The first-order valence-corrected chi connectivity index (χ1v) is 5.44. The summed E-state index contributed by atoms with van der Waals surface area (Å²) in [5.74, 6) is -0.475. The molecule has 0 aliphatic rings. The van der Waals surface area contributed by atoms with Crippen LogP contribution >= 0.6 is 15.9 Å². The first kappa shape index (κ1) is 11.7. The predicted octanol–water partition coefficient (Wildman–Crippen LogP) is 2.55. The standard InChI is InChI=1S/C11H10BrNO2/c1-7-3-8(5-12)4-9(10(7)6-13)11(14)15-2/h3-4H,5H2,1-2H3. The number of ether oxygens (including phenoxy) is 1. The zero-order chi connectivity index (χ0) is 11.4. The monoisotopic (exact) mass is 267 g/mol. The molecule has 0 unspecified atom stereocenters. The molecule has 0 atom stereocenters. The second-order valence-corrected chi connectivity index (χ2v) is 3.63. The van der Waals surface area contributed by atoms with Gasteiger partial charge in [0.1, 0.15) is 6.07 Å². The van der Waals surface area contributed by atoms with E-state index in [1.54, 1.807) is 13.0 Å². The molecule has 4 heteroatoms. The number of rotatable bonds is 2. The molecule has 0 aliphatic heterocycles. The zero-order valence-electron chi connectivity index (χ0n) is 8.50. The highest BCUT2D eigenvalue weighted by atomic mass is 79.9. The van der Waals surface area contributed by atoms with Crippen molar-refractivity contribution in [2.45, 2.75) is 12.3 Å². The number of esters is 1. The summed E-state index contributed by atoms with van der Waals surface area (Å²) in [6.07, 6.45) is 0. The summed E-state index contributed by atoms with van der Waals surface area (Å²) in [5, 5.41) is 9.58. The van der Waals surface area contributed by atoms with Gasteiger partial charge in [-0.25, -0.2) is 4.79 Å². The van der Waals surface area contributed by atoms with Crippen molar-refractivity contribution >= 4 is 21.9 Å². The minimum Gasteiger partial charge on any atom is -0.465 e. The van der Waals surface area contributed by atoms with Gasteiger partial charge in [0.2, 0.25) is 0 Å². The number of hydrogen-bond donors (Lipinski definition) is 0. The summed E-state index contributed by atoms with van der Waals surface area (Å²) in [6, 6.07) is 5.56. The number of nitrogens with zero attached hydrogens (tertiary/aromatic N) is 1. The van der Waals surface area contributed by atoms with E-state index in [0.717, 1.165) is 11.1 Å². The fraction of sp³-hybridized carbons (Fsp3) is 0.273. The molecule has 0 saturated carbocycles. The molecule has 15 heavy (non-hydrogen) atoms. The fourth-order valence-corrected chi connectivity index (χ4v) is 1.68. The average Bonchev–Trinajstić information content (AvgIpc) is 2.26. The molecule has 0 bridgehead atoms. The largest absolute Gasteiger partial charge is 0.465 e. The van der Waals surface area contributed by atoms with Gasteiger partial charge >= 0.3 is 5.97 Å². The van der Waals surface area contributed by atoms with Crippen molar-refractivity contribution in [3.8, 4) is 6.07 Å². The summed E-state index contributed by atoms with van der Waals surface area (Å²) in [4.78, 5) is 11.4. The van der Waals surface area contributed by atoms with Gasteiger partial charge in [0.25, 0.3) is 0 Å². The van der Waals surface area contributed by atoms with Gasteiger partial charge in [-0.3, -0.25) is 0 Å². The lowest BCUT2D eigenvalue weighted by molar-refractivity contribution is 0.0600. The van der Waals surface area contributed by atoms with Crippen molar-refractivity contribution in [3.63, 3.8) is 0 Å². The second kappa shape index (κ2) is 4.94. The molecular weight excluding hydrogens is 258 g/mol. The Morgan fingerprint density at radius 3 is 2.73 bits per heavy atom. The van der Waals surface area contributed by atoms with Crippen molar-refractivity contribution in [1.82, 2.24) is 0 Å². The SMILES string of the molecule is COC(=O)c1cc(CBr)cc(C)c1C#N. The molecule has 0 fully saturated rings. The highest BCUT2D eigenvalue weighted by Crippen LogP contribution is 2.19. The number of nitriles is 1. The van der Waals surface area contributed by atoms with Crippen LogP contribution in [0.15, 0.2) is 12.1 Å². The number of methoxy groups -OCH3 is 1. The summed E-state index contributed by atoms with van der Waals surface area (Å²) >= 11 is 3.31. The van der Waals surface area contributed by atoms with Crippen molar-refractivity contribution < 1.29 is 9.53 Å². The number of carbonyl (C=O) groups is 1. The number of alkyl halides is 1. The highest BCUT2D eigenvalue weighted by Gasteiger charge is 2.14. The molecule has 0 aromatic heterocycles. The lowest BCUT2D eigenvalue weighted by Gasteiger charge is -2.07. The van der Waals surface area contributed by atoms with Crippen LogP contribution in [-0.2, 0) is 10.1 Å². The lowest BCUT2D eigenvalue weighted by atomic mass is 10.00. The van der Waals surface area contributed by atoms with Gasteiger partial charge < -0.3 is 4.74 Å². The van der Waals surface area contributed by atoms with Crippen molar-refractivity contribution in [2.75, 3.05) is 7.11 Å². The summed E-state index contributed by atoms with van der Waals surface area (Å²) in [6.45, 7) is 1.80. The quantitative estimate of drug-likeness (QED) is 0.611. The van der Waals surface area contributed by atoms with Crippen LogP contribution in [0.2, 0.25) is 0 Å². The van der Waals surface area contributed by atoms with Gasteiger partial charge in [0, 0.05) is 5.33 Å². The van der Waals surface area contributed by atoms with E-state index in [9.17, 15) is 4.79 Å². The molecule has 0 spiro atoms. The third-order valence-electron chi connectivity index (χ3n) is 2.07. The number of halogens is 1. The molecule has 1 aromatic carbocycles. The third-order valence-corrected chi connectivity index (χ3v) is 2.71. The molecule has 3 nitrogen and oxygen atoms in total. The Morgan fingerprint density at radius 1 is 1.60 bits per heavy atom. The van der Waals surface area contributed by atoms with E-state index in [2.05, 4.69) is 20.7 Å². The molecule has 0 radical (unpaired) electrons. The molecule has 78 valence electrons. The van der Waals surface area contributed by atoms with Crippen LogP contribution in [0.1, 0.15) is 27.0 Å². The fourth-order valence-electron chi connectivity index (χ4n) is 1.36. The molecule has 0 aliphatic carbocycles. The number of aryl methyl sites for hydroxylation is 1. The lowest BCUT2D eigenvalue weighted by Crippen LogP contribution is -2.06. The number of benzene rings is 1. The molecule has 0 saturated heterocycles. The Balaban J connectivity index is 3.40. The molecule has 0 amide bonds. The Bertz CT molecular complexity index is 435. The summed E-state index contributed by atoms with van der Waals surface area (Å²) in [7, 11) is 1.31. The Kier molecular flexibility index (Phi) is 3.87. The van der Waals surface area contributed by atoms with Crippen LogP contribution < -0.4 is 0 Å². The van der Waals surface area contributed by atoms with Gasteiger partial charge in [-0.05, 0) is 24.1 Å². The molecule has 1 aromatic rings. The van der Waals surface area contributed by atoms with Crippen molar-refractivity contribution in [1.29, 1.82) is 5.26 Å². The molecular formula is C11H10BrNO2. The van der Waals surface area contributed by atoms with Crippen LogP contribution in [0.25, 0.3) is 0 Å². The molecule has 0 heterocycles. The number of hydrogen-bond acceptors (Lipinski definition) is 3.